The van der Waals surface area contributed by atoms with Crippen molar-refractivity contribution in [2.24, 2.45) is 0 Å². The van der Waals surface area contributed by atoms with Crippen LogP contribution in [0.3, 0.4) is 0 Å². The number of anilines is 1. The molecule has 3 nitrogen and oxygen atoms in total. The fourth-order valence-corrected chi connectivity index (χ4v) is 3.68. The van der Waals surface area contributed by atoms with Gasteiger partial charge in [-0.2, -0.15) is 0 Å². The van der Waals surface area contributed by atoms with E-state index < -0.39 is 0 Å². The van der Waals surface area contributed by atoms with Gasteiger partial charge in [0, 0.05) is 10.9 Å². The van der Waals surface area contributed by atoms with Crippen molar-refractivity contribution in [3.63, 3.8) is 0 Å². The van der Waals surface area contributed by atoms with Crippen LogP contribution < -0.4 is 10.1 Å². The highest BCUT2D eigenvalue weighted by Crippen LogP contribution is 2.45. The Labute approximate surface area is 138 Å². The van der Waals surface area contributed by atoms with Crippen LogP contribution in [0.1, 0.15) is 10.8 Å². The van der Waals surface area contributed by atoms with Crippen molar-refractivity contribution >= 4 is 34.1 Å². The number of fused-ring (bicyclic) bond motifs is 2. The second-order valence-corrected chi connectivity index (χ2v) is 6.35. The molecule has 1 atom stereocenters. The lowest BCUT2D eigenvalue weighted by Gasteiger charge is -2.12. The smallest absolute Gasteiger partial charge is 0.242 e. The third-order valence-electron chi connectivity index (χ3n) is 4.03. The third kappa shape index (κ3) is 2.35. The first-order valence-electron chi connectivity index (χ1n) is 7.40. The van der Waals surface area contributed by atoms with Crippen molar-refractivity contribution in [3.05, 3.63) is 66.2 Å². The number of carbonyl (C=O) groups excluding carboxylic acids is 1. The van der Waals surface area contributed by atoms with E-state index in [1.54, 1.807) is 0 Å². The number of para-hydroxylation sites is 1. The molecular weight excluding hydrogens is 306 g/mol. The van der Waals surface area contributed by atoms with E-state index in [0.29, 0.717) is 5.75 Å². The summed E-state index contributed by atoms with van der Waals surface area (Å²) >= 11 is 1.53. The maximum atomic E-state index is 12.1. The Morgan fingerprint density at radius 1 is 0.957 bits per heavy atom. The quantitative estimate of drug-likeness (QED) is 0.738. The van der Waals surface area contributed by atoms with Crippen LogP contribution in [0.4, 0.5) is 5.69 Å². The second-order valence-electron chi connectivity index (χ2n) is 5.40. The maximum Gasteiger partial charge on any atom is 0.242 e. The molecule has 0 saturated carbocycles. The van der Waals surface area contributed by atoms with E-state index in [9.17, 15) is 4.79 Å². The number of hydrogen-bond acceptors (Lipinski definition) is 3. The molecule has 1 unspecified atom stereocenters. The first-order valence-corrected chi connectivity index (χ1v) is 8.69. The predicted molar refractivity (Wildman–Crippen MR) is 95.3 cm³/mol. The van der Waals surface area contributed by atoms with E-state index >= 15 is 0 Å². The lowest BCUT2D eigenvalue weighted by Crippen LogP contribution is -2.08. The minimum atomic E-state index is -0.166. The molecule has 4 rings (SSSR count). The van der Waals surface area contributed by atoms with E-state index in [1.807, 2.05) is 54.8 Å². The molecule has 1 aliphatic heterocycles. The van der Waals surface area contributed by atoms with Crippen LogP contribution in [0.15, 0.2) is 60.7 Å². The molecule has 1 aliphatic rings. The van der Waals surface area contributed by atoms with Gasteiger partial charge in [-0.15, -0.1) is 11.8 Å². The summed E-state index contributed by atoms with van der Waals surface area (Å²) in [5.41, 5.74) is 1.77. The monoisotopic (exact) mass is 321 g/mol. The first-order chi connectivity index (χ1) is 11.3. The molecule has 0 aliphatic carbocycles. The zero-order chi connectivity index (χ0) is 15.8. The maximum absolute atomic E-state index is 12.1. The molecule has 114 valence electrons. The molecule has 23 heavy (non-hydrogen) atoms. The Morgan fingerprint density at radius 2 is 1.70 bits per heavy atom. The molecule has 0 saturated heterocycles. The number of benzene rings is 3. The van der Waals surface area contributed by atoms with Gasteiger partial charge in [0.2, 0.25) is 5.91 Å². The van der Waals surface area contributed by atoms with Crippen molar-refractivity contribution < 1.29 is 9.53 Å². The minimum Gasteiger partial charge on any atom is -0.455 e. The minimum absolute atomic E-state index is 0.0152. The topological polar surface area (TPSA) is 38.3 Å². The summed E-state index contributed by atoms with van der Waals surface area (Å²) in [4.78, 5) is 12.1. The molecule has 1 heterocycles. The third-order valence-corrected chi connectivity index (χ3v) is 4.97. The van der Waals surface area contributed by atoms with Crippen LogP contribution in [0, 0.1) is 0 Å². The number of thioether (sulfide) groups is 1. The highest BCUT2D eigenvalue weighted by atomic mass is 32.2. The van der Waals surface area contributed by atoms with E-state index in [0.717, 1.165) is 27.8 Å². The van der Waals surface area contributed by atoms with Crippen molar-refractivity contribution in [2.45, 2.75) is 5.25 Å². The molecule has 3 aromatic rings. The molecule has 0 radical (unpaired) electrons. The molecule has 4 heteroatoms. The van der Waals surface area contributed by atoms with Crippen LogP contribution >= 0.6 is 11.8 Å². The summed E-state index contributed by atoms with van der Waals surface area (Å²) in [6.07, 6.45) is 1.94. The molecule has 0 aromatic heterocycles. The van der Waals surface area contributed by atoms with Gasteiger partial charge >= 0.3 is 0 Å². The van der Waals surface area contributed by atoms with Gasteiger partial charge in [0.1, 0.15) is 11.0 Å². The summed E-state index contributed by atoms with van der Waals surface area (Å²) in [5.74, 6) is 1.49. The van der Waals surface area contributed by atoms with Crippen molar-refractivity contribution in [2.75, 3.05) is 11.6 Å². The second kappa shape index (κ2) is 5.63. The summed E-state index contributed by atoms with van der Waals surface area (Å²) in [6.45, 7) is 0. The average molecular weight is 321 g/mol. The number of nitrogens with one attached hydrogen (secondary N) is 1. The molecular formula is C19H15NO2S. The van der Waals surface area contributed by atoms with Gasteiger partial charge in [-0.3, -0.25) is 4.79 Å². The Bertz CT molecular complexity index is 902. The Hall–Kier alpha value is -2.46. The first kappa shape index (κ1) is 14.2. The largest absolute Gasteiger partial charge is 0.455 e. The Morgan fingerprint density at radius 3 is 2.57 bits per heavy atom. The fraction of sp³-hybridized carbons (Fsp3) is 0.105. The van der Waals surface area contributed by atoms with Gasteiger partial charge in [0.05, 0.1) is 5.69 Å². The molecule has 0 bridgehead atoms. The number of carbonyl (C=O) groups is 1. The lowest BCUT2D eigenvalue weighted by atomic mass is 10.1. The zero-order valence-electron chi connectivity index (χ0n) is 12.6. The van der Waals surface area contributed by atoms with Crippen LogP contribution in [0.25, 0.3) is 10.8 Å². The van der Waals surface area contributed by atoms with Crippen molar-refractivity contribution in [3.8, 4) is 11.5 Å². The number of hydrogen-bond donors (Lipinski definition) is 1. The molecule has 0 spiro atoms. The normalized spacial score (nSPS) is 16.2. The Kier molecular flexibility index (Phi) is 3.46. The van der Waals surface area contributed by atoms with Crippen molar-refractivity contribution in [1.82, 2.24) is 0 Å². The molecule has 1 N–H and O–H groups in total. The lowest BCUT2D eigenvalue weighted by molar-refractivity contribution is -0.115. The Balaban J connectivity index is 1.79. The van der Waals surface area contributed by atoms with Gasteiger partial charge in [0.15, 0.2) is 5.75 Å². The summed E-state index contributed by atoms with van der Waals surface area (Å²) in [7, 11) is 0. The van der Waals surface area contributed by atoms with Crippen LogP contribution in [-0.4, -0.2) is 12.2 Å². The summed E-state index contributed by atoms with van der Waals surface area (Å²) in [5, 5.41) is 4.97. The van der Waals surface area contributed by atoms with Gasteiger partial charge < -0.3 is 10.1 Å². The van der Waals surface area contributed by atoms with Gasteiger partial charge in [-0.1, -0.05) is 48.5 Å². The molecule has 1 amide bonds. The number of ether oxygens (including phenoxy) is 1. The highest BCUT2D eigenvalue weighted by Gasteiger charge is 2.32. The molecule has 0 fully saturated rings. The molecule has 3 aromatic carbocycles. The van der Waals surface area contributed by atoms with E-state index in [4.69, 9.17) is 4.74 Å². The zero-order valence-corrected chi connectivity index (χ0v) is 13.4. The SMILES string of the molecule is CSC1C(=O)Nc2c(Oc3cccc4ccccc34)cccc21. The van der Waals surface area contributed by atoms with E-state index in [1.165, 1.54) is 11.8 Å². The fourth-order valence-electron chi connectivity index (χ4n) is 2.95. The predicted octanol–water partition coefficient (Wildman–Crippen LogP) is 4.99. The standard InChI is InChI=1S/C19H15NO2S/c1-23-18-14-9-5-11-16(17(14)20-19(18)21)22-15-10-4-7-12-6-2-3-8-13(12)15/h2-11,18H,1H3,(H,20,21). The summed E-state index contributed by atoms with van der Waals surface area (Å²) in [6, 6.07) is 19.9. The van der Waals surface area contributed by atoms with E-state index in [2.05, 4.69) is 17.4 Å². The number of amides is 1. The van der Waals surface area contributed by atoms with Gasteiger partial charge in [0.25, 0.3) is 0 Å². The van der Waals surface area contributed by atoms with Crippen LogP contribution in [-0.2, 0) is 4.79 Å². The highest BCUT2D eigenvalue weighted by molar-refractivity contribution is 7.99. The summed E-state index contributed by atoms with van der Waals surface area (Å²) < 4.78 is 6.15. The average Bonchev–Trinajstić information content (AvgIpc) is 2.91. The van der Waals surface area contributed by atoms with Crippen LogP contribution in [0.2, 0.25) is 0 Å². The van der Waals surface area contributed by atoms with Crippen molar-refractivity contribution in [1.29, 1.82) is 0 Å². The van der Waals surface area contributed by atoms with Gasteiger partial charge in [-0.05, 0) is 23.8 Å². The van der Waals surface area contributed by atoms with Crippen LogP contribution in [0.5, 0.6) is 11.5 Å². The number of rotatable bonds is 3. The van der Waals surface area contributed by atoms with E-state index in [-0.39, 0.29) is 11.2 Å². The van der Waals surface area contributed by atoms with Gasteiger partial charge in [-0.25, -0.2) is 0 Å².